The van der Waals surface area contributed by atoms with Crippen LogP contribution in [0.15, 0.2) is 17.5 Å². The highest BCUT2D eigenvalue weighted by Gasteiger charge is 2.28. The van der Waals surface area contributed by atoms with Crippen LogP contribution in [0.3, 0.4) is 0 Å². The molecule has 1 saturated heterocycles. The first kappa shape index (κ1) is 13.7. The number of imide groups is 1. The number of amides is 3. The molecule has 102 valence electrons. The van der Waals surface area contributed by atoms with Gasteiger partial charge in [0.2, 0.25) is 17.7 Å². The smallest absolute Gasteiger partial charge is 0.229 e. The second kappa shape index (κ2) is 5.97. The van der Waals surface area contributed by atoms with Crippen molar-refractivity contribution >= 4 is 29.1 Å². The van der Waals surface area contributed by atoms with Crippen LogP contribution in [0.5, 0.6) is 0 Å². The third kappa shape index (κ3) is 3.41. The van der Waals surface area contributed by atoms with E-state index in [9.17, 15) is 14.4 Å². The summed E-state index contributed by atoms with van der Waals surface area (Å²) in [5.74, 6) is -0.499. The molecule has 1 aliphatic heterocycles. The van der Waals surface area contributed by atoms with Crippen molar-refractivity contribution in [1.29, 1.82) is 0 Å². The fourth-order valence-corrected chi connectivity index (χ4v) is 2.74. The molecule has 2 heterocycles. The summed E-state index contributed by atoms with van der Waals surface area (Å²) in [4.78, 5) is 36.8. The first-order valence-corrected chi connectivity index (χ1v) is 7.12. The fraction of sp³-hybridized carbons (Fsp3) is 0.462. The van der Waals surface area contributed by atoms with E-state index in [-0.39, 0.29) is 49.6 Å². The lowest BCUT2D eigenvalue weighted by atomic mass is 10.2. The van der Waals surface area contributed by atoms with E-state index in [2.05, 4.69) is 5.32 Å². The highest BCUT2D eigenvalue weighted by molar-refractivity contribution is 7.10. The van der Waals surface area contributed by atoms with Crippen molar-refractivity contribution in [1.82, 2.24) is 10.2 Å². The van der Waals surface area contributed by atoms with Crippen LogP contribution >= 0.6 is 11.3 Å². The van der Waals surface area contributed by atoms with Crippen molar-refractivity contribution in [3.05, 3.63) is 22.4 Å². The average Bonchev–Trinajstić information content (AvgIpc) is 2.98. The molecule has 0 spiro atoms. The molecule has 1 aliphatic rings. The Hall–Kier alpha value is -1.69. The standard InChI is InChI=1S/C13H16N2O3S/c1-9(10-3-2-8-19-10)14-11(16)6-7-15-12(17)4-5-13(15)18/h2-3,8-9H,4-7H2,1H3,(H,14,16). The maximum Gasteiger partial charge on any atom is 0.229 e. The Bertz CT molecular complexity index is 468. The molecule has 1 atom stereocenters. The van der Waals surface area contributed by atoms with Crippen molar-refractivity contribution in [3.8, 4) is 0 Å². The Morgan fingerprint density at radius 3 is 2.68 bits per heavy atom. The molecule has 1 fully saturated rings. The van der Waals surface area contributed by atoms with E-state index in [0.717, 1.165) is 4.88 Å². The first-order chi connectivity index (χ1) is 9.08. The van der Waals surface area contributed by atoms with E-state index in [1.165, 1.54) is 4.90 Å². The molecular formula is C13H16N2O3S. The highest BCUT2D eigenvalue weighted by atomic mass is 32.1. The number of carbonyl (C=O) groups is 3. The monoisotopic (exact) mass is 280 g/mol. The average molecular weight is 280 g/mol. The Labute approximate surface area is 115 Å². The molecule has 5 nitrogen and oxygen atoms in total. The number of carbonyl (C=O) groups excluding carboxylic acids is 3. The topological polar surface area (TPSA) is 66.5 Å². The number of hydrogen-bond donors (Lipinski definition) is 1. The zero-order valence-electron chi connectivity index (χ0n) is 10.7. The SMILES string of the molecule is CC(NC(=O)CCN1C(=O)CCC1=O)c1cccs1. The molecule has 6 heteroatoms. The maximum absolute atomic E-state index is 11.8. The van der Waals surface area contributed by atoms with Gasteiger partial charge >= 0.3 is 0 Å². The van der Waals surface area contributed by atoms with Crippen molar-refractivity contribution in [2.24, 2.45) is 0 Å². The number of rotatable bonds is 5. The molecule has 0 aliphatic carbocycles. The van der Waals surface area contributed by atoms with Gasteiger partial charge in [0.1, 0.15) is 0 Å². The molecule has 0 aromatic carbocycles. The quantitative estimate of drug-likeness (QED) is 0.830. The number of likely N-dealkylation sites (tertiary alicyclic amines) is 1. The summed E-state index contributed by atoms with van der Waals surface area (Å²) in [6, 6.07) is 3.85. The molecule has 3 amide bonds. The van der Waals surface area contributed by atoms with E-state index in [1.807, 2.05) is 24.4 Å². The number of nitrogens with one attached hydrogen (secondary N) is 1. The van der Waals surface area contributed by atoms with Crippen LogP contribution in [-0.4, -0.2) is 29.2 Å². The van der Waals surface area contributed by atoms with Gasteiger partial charge in [-0.05, 0) is 18.4 Å². The fourth-order valence-electron chi connectivity index (χ4n) is 2.01. The Kier molecular flexibility index (Phi) is 4.31. The van der Waals surface area contributed by atoms with Crippen LogP contribution in [-0.2, 0) is 14.4 Å². The molecule has 1 aromatic rings. The van der Waals surface area contributed by atoms with Crippen LogP contribution < -0.4 is 5.32 Å². The molecule has 1 N–H and O–H groups in total. The van der Waals surface area contributed by atoms with Crippen molar-refractivity contribution in [2.75, 3.05) is 6.54 Å². The summed E-state index contributed by atoms with van der Waals surface area (Å²) in [7, 11) is 0. The van der Waals surface area contributed by atoms with E-state index in [1.54, 1.807) is 11.3 Å². The minimum absolute atomic E-state index is 0.0440. The van der Waals surface area contributed by atoms with E-state index < -0.39 is 0 Å². The van der Waals surface area contributed by atoms with E-state index >= 15 is 0 Å². The predicted octanol–water partition coefficient (Wildman–Crippen LogP) is 1.46. The molecule has 0 saturated carbocycles. The highest BCUT2D eigenvalue weighted by Crippen LogP contribution is 2.18. The first-order valence-electron chi connectivity index (χ1n) is 6.24. The Morgan fingerprint density at radius 2 is 2.11 bits per heavy atom. The number of hydrogen-bond acceptors (Lipinski definition) is 4. The summed E-state index contributed by atoms with van der Waals surface area (Å²) in [6.07, 6.45) is 0.700. The Morgan fingerprint density at radius 1 is 1.42 bits per heavy atom. The lowest BCUT2D eigenvalue weighted by molar-refractivity contribution is -0.138. The second-order valence-corrected chi connectivity index (χ2v) is 5.47. The maximum atomic E-state index is 11.8. The van der Waals surface area contributed by atoms with Crippen LogP contribution in [0.25, 0.3) is 0 Å². The molecule has 19 heavy (non-hydrogen) atoms. The molecular weight excluding hydrogens is 264 g/mol. The predicted molar refractivity (Wildman–Crippen MR) is 71.4 cm³/mol. The summed E-state index contributed by atoms with van der Waals surface area (Å²) in [5, 5.41) is 4.82. The molecule has 0 radical (unpaired) electrons. The van der Waals surface area contributed by atoms with Crippen LogP contribution in [0.2, 0.25) is 0 Å². The van der Waals surface area contributed by atoms with Gasteiger partial charge in [0.05, 0.1) is 6.04 Å². The van der Waals surface area contributed by atoms with Gasteiger partial charge in [-0.1, -0.05) is 6.07 Å². The molecule has 2 rings (SSSR count). The largest absolute Gasteiger partial charge is 0.349 e. The second-order valence-electron chi connectivity index (χ2n) is 4.49. The summed E-state index contributed by atoms with van der Waals surface area (Å²) >= 11 is 1.58. The minimum atomic E-state index is -0.177. The minimum Gasteiger partial charge on any atom is -0.349 e. The molecule has 0 bridgehead atoms. The van der Waals surface area contributed by atoms with Gasteiger partial charge in [-0.3, -0.25) is 19.3 Å². The van der Waals surface area contributed by atoms with Gasteiger partial charge in [0.25, 0.3) is 0 Å². The van der Waals surface area contributed by atoms with E-state index in [4.69, 9.17) is 0 Å². The third-order valence-electron chi connectivity index (χ3n) is 3.06. The normalized spacial score (nSPS) is 16.8. The van der Waals surface area contributed by atoms with Crippen molar-refractivity contribution < 1.29 is 14.4 Å². The van der Waals surface area contributed by atoms with Gasteiger partial charge in [0, 0.05) is 30.7 Å². The number of nitrogens with zero attached hydrogens (tertiary/aromatic N) is 1. The van der Waals surface area contributed by atoms with Gasteiger partial charge in [-0.25, -0.2) is 0 Å². The van der Waals surface area contributed by atoms with Crippen LogP contribution in [0, 0.1) is 0 Å². The zero-order valence-corrected chi connectivity index (χ0v) is 11.5. The van der Waals surface area contributed by atoms with Gasteiger partial charge in [-0.2, -0.15) is 0 Å². The number of thiophene rings is 1. The van der Waals surface area contributed by atoms with Crippen LogP contribution in [0.1, 0.15) is 37.1 Å². The van der Waals surface area contributed by atoms with Gasteiger partial charge in [0.15, 0.2) is 0 Å². The van der Waals surface area contributed by atoms with Crippen LogP contribution in [0.4, 0.5) is 0 Å². The van der Waals surface area contributed by atoms with E-state index in [0.29, 0.717) is 0 Å². The van der Waals surface area contributed by atoms with Crippen molar-refractivity contribution in [3.63, 3.8) is 0 Å². The molecule has 1 aromatic heterocycles. The van der Waals surface area contributed by atoms with Crippen molar-refractivity contribution in [2.45, 2.75) is 32.2 Å². The Balaban J connectivity index is 1.79. The zero-order chi connectivity index (χ0) is 13.8. The van der Waals surface area contributed by atoms with Gasteiger partial charge < -0.3 is 5.32 Å². The summed E-state index contributed by atoms with van der Waals surface area (Å²) in [6.45, 7) is 2.09. The molecule has 1 unspecified atom stereocenters. The third-order valence-corrected chi connectivity index (χ3v) is 4.12. The summed E-state index contributed by atoms with van der Waals surface area (Å²) < 4.78 is 0. The van der Waals surface area contributed by atoms with Gasteiger partial charge in [-0.15, -0.1) is 11.3 Å². The summed E-state index contributed by atoms with van der Waals surface area (Å²) in [5.41, 5.74) is 0. The lowest BCUT2D eigenvalue weighted by Gasteiger charge is -2.15. The lowest BCUT2D eigenvalue weighted by Crippen LogP contribution is -2.34.